The molecule has 2 aliphatic rings. The monoisotopic (exact) mass is 420 g/mol. The second-order valence-corrected chi connectivity index (χ2v) is 8.92. The number of rotatable bonds is 5. The van der Waals surface area contributed by atoms with Crippen LogP contribution in [0.2, 0.25) is 0 Å². The Morgan fingerprint density at radius 2 is 1.81 bits per heavy atom. The zero-order chi connectivity index (χ0) is 21.2. The molecular formula is C26H32N2O3. The maximum Gasteiger partial charge on any atom is 0.135 e. The molecule has 0 radical (unpaired) electrons. The van der Waals surface area contributed by atoms with Gasteiger partial charge >= 0.3 is 0 Å². The Kier molecular flexibility index (Phi) is 5.88. The average Bonchev–Trinajstić information content (AvgIpc) is 3.27. The zero-order valence-corrected chi connectivity index (χ0v) is 18.3. The zero-order valence-electron chi connectivity index (χ0n) is 18.3. The van der Waals surface area contributed by atoms with E-state index in [9.17, 15) is 5.11 Å². The summed E-state index contributed by atoms with van der Waals surface area (Å²) < 4.78 is 11.5. The summed E-state index contributed by atoms with van der Waals surface area (Å²) in [7, 11) is 1.67. The number of ether oxygens (including phenoxy) is 1. The quantitative estimate of drug-likeness (QED) is 0.610. The van der Waals surface area contributed by atoms with Crippen molar-refractivity contribution in [3.8, 4) is 22.8 Å². The highest BCUT2D eigenvalue weighted by molar-refractivity contribution is 5.87. The fourth-order valence-electron chi connectivity index (χ4n) is 5.19. The number of piperidine rings is 2. The van der Waals surface area contributed by atoms with Gasteiger partial charge in [-0.3, -0.25) is 4.90 Å². The minimum Gasteiger partial charge on any atom is -0.508 e. The lowest BCUT2D eigenvalue weighted by Crippen LogP contribution is -2.46. The molecule has 0 bridgehead atoms. The number of aromatic hydroxyl groups is 1. The van der Waals surface area contributed by atoms with Crippen LogP contribution in [0.1, 0.15) is 37.7 Å². The van der Waals surface area contributed by atoms with Crippen LogP contribution >= 0.6 is 0 Å². The van der Waals surface area contributed by atoms with E-state index in [1.165, 1.54) is 45.2 Å². The summed E-state index contributed by atoms with van der Waals surface area (Å²) >= 11 is 0. The van der Waals surface area contributed by atoms with Crippen LogP contribution in [-0.2, 0) is 6.54 Å². The van der Waals surface area contributed by atoms with Gasteiger partial charge in [-0.2, -0.15) is 0 Å². The summed E-state index contributed by atoms with van der Waals surface area (Å²) in [5.74, 6) is 1.95. The number of phenolic OH excluding ortho intramolecular Hbond substituents is 1. The lowest BCUT2D eigenvalue weighted by molar-refractivity contribution is 0.0895. The van der Waals surface area contributed by atoms with Crippen molar-refractivity contribution < 1.29 is 14.3 Å². The van der Waals surface area contributed by atoms with Crippen LogP contribution in [0.4, 0.5) is 0 Å². The first-order valence-corrected chi connectivity index (χ1v) is 11.6. The highest BCUT2D eigenvalue weighted by Crippen LogP contribution is 2.36. The van der Waals surface area contributed by atoms with Crippen LogP contribution in [0.15, 0.2) is 46.9 Å². The number of benzene rings is 2. The predicted molar refractivity (Wildman–Crippen MR) is 124 cm³/mol. The molecule has 0 spiro atoms. The van der Waals surface area contributed by atoms with Crippen LogP contribution in [0.5, 0.6) is 11.5 Å². The molecule has 164 valence electrons. The summed E-state index contributed by atoms with van der Waals surface area (Å²) in [5, 5.41) is 11.7. The van der Waals surface area contributed by atoms with Crippen molar-refractivity contribution in [1.82, 2.24) is 9.80 Å². The molecule has 5 rings (SSSR count). The van der Waals surface area contributed by atoms with Gasteiger partial charge in [0.2, 0.25) is 0 Å². The van der Waals surface area contributed by atoms with Gasteiger partial charge in [0.15, 0.2) is 0 Å². The molecule has 0 amide bonds. The van der Waals surface area contributed by atoms with E-state index in [0.717, 1.165) is 59.3 Å². The summed E-state index contributed by atoms with van der Waals surface area (Å²) in [5.41, 5.74) is 2.75. The van der Waals surface area contributed by atoms with Gasteiger partial charge in [-0.1, -0.05) is 18.6 Å². The highest BCUT2D eigenvalue weighted by Gasteiger charge is 2.26. The summed E-state index contributed by atoms with van der Waals surface area (Å²) in [6.45, 7) is 5.46. The van der Waals surface area contributed by atoms with Crippen molar-refractivity contribution in [2.24, 2.45) is 0 Å². The first-order chi connectivity index (χ1) is 15.2. The lowest BCUT2D eigenvalue weighted by Gasteiger charge is -2.40. The molecule has 0 saturated carbocycles. The number of phenols is 1. The van der Waals surface area contributed by atoms with E-state index in [-0.39, 0.29) is 0 Å². The van der Waals surface area contributed by atoms with E-state index in [2.05, 4.69) is 15.9 Å². The van der Waals surface area contributed by atoms with Crippen molar-refractivity contribution in [1.29, 1.82) is 0 Å². The molecule has 3 heterocycles. The minimum absolute atomic E-state index is 0.351. The minimum atomic E-state index is 0.351. The Morgan fingerprint density at radius 1 is 1.00 bits per heavy atom. The number of hydrogen-bond acceptors (Lipinski definition) is 5. The maximum absolute atomic E-state index is 10.7. The van der Waals surface area contributed by atoms with Gasteiger partial charge in [0.05, 0.1) is 7.11 Å². The maximum atomic E-state index is 10.7. The van der Waals surface area contributed by atoms with Gasteiger partial charge in [-0.25, -0.2) is 0 Å². The molecule has 5 nitrogen and oxygen atoms in total. The largest absolute Gasteiger partial charge is 0.508 e. The van der Waals surface area contributed by atoms with Crippen molar-refractivity contribution in [3.63, 3.8) is 0 Å². The van der Waals surface area contributed by atoms with Crippen LogP contribution < -0.4 is 4.74 Å². The van der Waals surface area contributed by atoms with Crippen molar-refractivity contribution >= 4 is 11.0 Å². The molecule has 0 aliphatic carbocycles. The molecule has 2 aromatic carbocycles. The van der Waals surface area contributed by atoms with Crippen LogP contribution in [0.25, 0.3) is 22.3 Å². The number of fused-ring (bicyclic) bond motifs is 1. The fourth-order valence-corrected chi connectivity index (χ4v) is 5.19. The smallest absolute Gasteiger partial charge is 0.135 e. The summed E-state index contributed by atoms with van der Waals surface area (Å²) in [6.07, 6.45) is 6.54. The molecule has 2 aliphatic heterocycles. The average molecular weight is 421 g/mol. The Balaban J connectivity index is 1.34. The number of nitrogens with zero attached hydrogens (tertiary/aromatic N) is 2. The van der Waals surface area contributed by atoms with Crippen LogP contribution in [0.3, 0.4) is 0 Å². The molecule has 2 saturated heterocycles. The number of furan rings is 1. The van der Waals surface area contributed by atoms with Crippen LogP contribution in [-0.4, -0.2) is 54.2 Å². The second kappa shape index (κ2) is 8.93. The number of hydrogen-bond donors (Lipinski definition) is 1. The van der Waals surface area contributed by atoms with E-state index in [0.29, 0.717) is 5.75 Å². The summed E-state index contributed by atoms with van der Waals surface area (Å²) in [4.78, 5) is 5.18. The third-order valence-electron chi connectivity index (χ3n) is 6.99. The van der Waals surface area contributed by atoms with E-state index in [1.807, 2.05) is 30.3 Å². The van der Waals surface area contributed by atoms with Crippen LogP contribution in [0, 0.1) is 0 Å². The summed E-state index contributed by atoms with van der Waals surface area (Å²) in [6, 6.07) is 14.3. The highest BCUT2D eigenvalue weighted by atomic mass is 16.5. The van der Waals surface area contributed by atoms with Crippen molar-refractivity contribution in [2.75, 3.05) is 33.3 Å². The molecule has 1 N–H and O–H groups in total. The van der Waals surface area contributed by atoms with Gasteiger partial charge in [0.25, 0.3) is 0 Å². The van der Waals surface area contributed by atoms with E-state index in [1.54, 1.807) is 13.2 Å². The van der Waals surface area contributed by atoms with Gasteiger partial charge in [0, 0.05) is 29.1 Å². The van der Waals surface area contributed by atoms with Gasteiger partial charge in [-0.05, 0) is 82.2 Å². The molecule has 5 heteroatoms. The van der Waals surface area contributed by atoms with Crippen molar-refractivity contribution in [2.45, 2.75) is 44.7 Å². The van der Waals surface area contributed by atoms with E-state index in [4.69, 9.17) is 9.15 Å². The predicted octanol–water partition coefficient (Wildman–Crippen LogP) is 5.26. The molecule has 0 unspecified atom stereocenters. The van der Waals surface area contributed by atoms with Gasteiger partial charge < -0.3 is 19.2 Å². The van der Waals surface area contributed by atoms with Gasteiger partial charge in [0.1, 0.15) is 22.8 Å². The standard InChI is InChI=1S/C26H32N2O3/c1-30-21-7-5-6-19(16-21)26-17-22-23(24(29)8-9-25(22)31-26)18-27-14-10-20(11-15-27)28-12-3-2-4-13-28/h5-9,16-17,20,29H,2-4,10-15,18H2,1H3. The molecule has 31 heavy (non-hydrogen) atoms. The number of methoxy groups -OCH3 is 1. The Morgan fingerprint density at radius 3 is 2.58 bits per heavy atom. The first kappa shape index (κ1) is 20.4. The first-order valence-electron chi connectivity index (χ1n) is 11.6. The third kappa shape index (κ3) is 4.30. The molecular weight excluding hydrogens is 388 g/mol. The SMILES string of the molecule is COc1cccc(-c2cc3c(CN4CCC(N5CCCCC5)CC4)c(O)ccc3o2)c1. The molecule has 2 fully saturated rings. The Bertz CT molecular complexity index is 1030. The molecule has 0 atom stereocenters. The second-order valence-electron chi connectivity index (χ2n) is 8.92. The Hall–Kier alpha value is -2.50. The molecule has 3 aromatic rings. The molecule has 1 aromatic heterocycles. The van der Waals surface area contributed by atoms with E-state index < -0.39 is 0 Å². The van der Waals surface area contributed by atoms with E-state index >= 15 is 0 Å². The van der Waals surface area contributed by atoms with Crippen molar-refractivity contribution in [3.05, 3.63) is 48.0 Å². The number of likely N-dealkylation sites (tertiary alicyclic amines) is 2. The third-order valence-corrected chi connectivity index (χ3v) is 6.99. The Labute approximate surface area is 184 Å². The topological polar surface area (TPSA) is 49.1 Å². The fraction of sp³-hybridized carbons (Fsp3) is 0.462. The van der Waals surface area contributed by atoms with Gasteiger partial charge in [-0.15, -0.1) is 0 Å². The lowest BCUT2D eigenvalue weighted by atomic mass is 9.99. The normalized spacial score (nSPS) is 19.1.